The van der Waals surface area contributed by atoms with Crippen LogP contribution in [0.15, 0.2) is 29.2 Å². The summed E-state index contributed by atoms with van der Waals surface area (Å²) in [4.78, 5) is 24.1. The molecular formula is C18H27N3O5S. The van der Waals surface area contributed by atoms with Gasteiger partial charge in [-0.05, 0) is 52.0 Å². The maximum absolute atomic E-state index is 12.8. The molecule has 2 rings (SSSR count). The van der Waals surface area contributed by atoms with E-state index in [1.165, 1.54) is 28.6 Å². The van der Waals surface area contributed by atoms with Gasteiger partial charge in [0.2, 0.25) is 15.9 Å². The highest BCUT2D eigenvalue weighted by Gasteiger charge is 2.32. The Labute approximate surface area is 160 Å². The topological polar surface area (TPSA) is 105 Å². The van der Waals surface area contributed by atoms with Gasteiger partial charge in [-0.15, -0.1) is 0 Å². The average Bonchev–Trinajstić information content (AvgIpc) is 2.61. The number of ether oxygens (including phenoxy) is 1. The Bertz CT molecular complexity index is 769. The van der Waals surface area contributed by atoms with Gasteiger partial charge in [-0.3, -0.25) is 9.59 Å². The van der Waals surface area contributed by atoms with Gasteiger partial charge in [0, 0.05) is 25.2 Å². The second kappa shape index (κ2) is 8.81. The van der Waals surface area contributed by atoms with Crippen molar-refractivity contribution in [2.75, 3.05) is 19.6 Å². The van der Waals surface area contributed by atoms with E-state index in [1.807, 2.05) is 13.8 Å². The summed E-state index contributed by atoms with van der Waals surface area (Å²) >= 11 is 0. The Balaban J connectivity index is 2.09. The van der Waals surface area contributed by atoms with Gasteiger partial charge in [-0.1, -0.05) is 0 Å². The Morgan fingerprint density at radius 2 is 1.74 bits per heavy atom. The number of rotatable bonds is 6. The van der Waals surface area contributed by atoms with E-state index >= 15 is 0 Å². The molecule has 0 unspecified atom stereocenters. The minimum absolute atomic E-state index is 0.122. The molecule has 2 N–H and O–H groups in total. The Morgan fingerprint density at radius 1 is 1.19 bits per heavy atom. The zero-order valence-electron chi connectivity index (χ0n) is 16.1. The fourth-order valence-electron chi connectivity index (χ4n) is 2.93. The summed E-state index contributed by atoms with van der Waals surface area (Å²) in [6.07, 6.45) is -0.353. The van der Waals surface area contributed by atoms with E-state index in [-0.39, 0.29) is 28.6 Å². The monoisotopic (exact) mass is 397 g/mol. The van der Waals surface area contributed by atoms with Crippen molar-refractivity contribution in [1.29, 1.82) is 0 Å². The first-order valence-electron chi connectivity index (χ1n) is 8.99. The molecule has 150 valence electrons. The van der Waals surface area contributed by atoms with E-state index in [1.54, 1.807) is 13.8 Å². The number of carbonyl (C=O) groups is 2. The van der Waals surface area contributed by atoms with Gasteiger partial charge < -0.3 is 15.4 Å². The Hall–Kier alpha value is -1.97. The van der Waals surface area contributed by atoms with Gasteiger partial charge in [0.25, 0.3) is 5.91 Å². The molecule has 1 fully saturated rings. The summed E-state index contributed by atoms with van der Waals surface area (Å²) < 4.78 is 32.6. The molecule has 0 aromatic heterocycles. The Morgan fingerprint density at radius 3 is 2.26 bits per heavy atom. The van der Waals surface area contributed by atoms with Crippen molar-refractivity contribution < 1.29 is 22.7 Å². The van der Waals surface area contributed by atoms with Crippen molar-refractivity contribution in [3.05, 3.63) is 29.8 Å². The van der Waals surface area contributed by atoms with Crippen LogP contribution in [-0.4, -0.2) is 62.4 Å². The summed E-state index contributed by atoms with van der Waals surface area (Å²) in [6, 6.07) is 5.02. The number of hydrogen-bond acceptors (Lipinski definition) is 5. The van der Waals surface area contributed by atoms with E-state index in [2.05, 4.69) is 10.6 Å². The van der Waals surface area contributed by atoms with Crippen molar-refractivity contribution in [2.45, 2.75) is 50.8 Å². The molecule has 0 radical (unpaired) electrons. The highest BCUT2D eigenvalue weighted by atomic mass is 32.2. The number of nitrogens with one attached hydrogen (secondary N) is 2. The standard InChI is InChI=1S/C18H27N3O5S/c1-5-19-17(22)14(4)20-18(23)15-6-8-16(9-7-15)27(24,25)21-10-12(2)26-13(3)11-21/h6-9,12-14H,5,10-11H2,1-4H3,(H,19,22)(H,20,23)/t12-,13-,14+/m1/s1. The second-order valence-corrected chi connectivity index (χ2v) is 8.63. The largest absolute Gasteiger partial charge is 0.373 e. The number of sulfonamides is 1. The maximum atomic E-state index is 12.8. The minimum atomic E-state index is -3.66. The van der Waals surface area contributed by atoms with Gasteiger partial charge in [0.15, 0.2) is 0 Å². The summed E-state index contributed by atoms with van der Waals surface area (Å²) in [5.41, 5.74) is 0.286. The predicted molar refractivity (Wildman–Crippen MR) is 101 cm³/mol. The lowest BCUT2D eigenvalue weighted by Gasteiger charge is -2.34. The smallest absolute Gasteiger partial charge is 0.251 e. The molecule has 27 heavy (non-hydrogen) atoms. The molecule has 1 aliphatic heterocycles. The van der Waals surface area contributed by atoms with E-state index < -0.39 is 22.0 Å². The van der Waals surface area contributed by atoms with Crippen molar-refractivity contribution in [2.24, 2.45) is 0 Å². The van der Waals surface area contributed by atoms with Gasteiger partial charge in [0.1, 0.15) is 6.04 Å². The third kappa shape index (κ3) is 5.27. The van der Waals surface area contributed by atoms with Crippen LogP contribution < -0.4 is 10.6 Å². The SMILES string of the molecule is CCNC(=O)[C@H](C)NC(=O)c1ccc(S(=O)(=O)N2C[C@@H](C)O[C@H](C)C2)cc1. The van der Waals surface area contributed by atoms with Crippen molar-refractivity contribution >= 4 is 21.8 Å². The van der Waals surface area contributed by atoms with E-state index in [0.29, 0.717) is 19.6 Å². The van der Waals surface area contributed by atoms with Crippen molar-refractivity contribution in [1.82, 2.24) is 14.9 Å². The van der Waals surface area contributed by atoms with Crippen LogP contribution in [0.1, 0.15) is 38.1 Å². The molecule has 8 nitrogen and oxygen atoms in total. The number of carbonyl (C=O) groups excluding carboxylic acids is 2. The first-order valence-corrected chi connectivity index (χ1v) is 10.4. The van der Waals surface area contributed by atoms with Gasteiger partial charge >= 0.3 is 0 Å². The lowest BCUT2D eigenvalue weighted by atomic mass is 10.2. The van der Waals surface area contributed by atoms with Crippen LogP contribution in [0.25, 0.3) is 0 Å². The van der Waals surface area contributed by atoms with Crippen LogP contribution in [-0.2, 0) is 19.6 Å². The molecule has 1 saturated heterocycles. The van der Waals surface area contributed by atoms with E-state index in [4.69, 9.17) is 4.74 Å². The summed E-state index contributed by atoms with van der Waals surface area (Å²) in [7, 11) is -3.66. The van der Waals surface area contributed by atoms with E-state index in [0.717, 1.165) is 0 Å². The molecule has 0 bridgehead atoms. The van der Waals surface area contributed by atoms with Crippen LogP contribution in [0.2, 0.25) is 0 Å². The molecule has 0 aliphatic carbocycles. The number of hydrogen-bond donors (Lipinski definition) is 2. The van der Waals surface area contributed by atoms with Gasteiger partial charge in [0.05, 0.1) is 17.1 Å². The molecule has 1 aromatic carbocycles. The number of nitrogens with zero attached hydrogens (tertiary/aromatic N) is 1. The summed E-state index contributed by atoms with van der Waals surface area (Å²) in [5, 5.41) is 5.21. The third-order valence-corrected chi connectivity index (χ3v) is 6.08. The highest BCUT2D eigenvalue weighted by Crippen LogP contribution is 2.21. The molecule has 9 heteroatoms. The third-order valence-electron chi connectivity index (χ3n) is 4.23. The van der Waals surface area contributed by atoms with Crippen LogP contribution in [0, 0.1) is 0 Å². The zero-order valence-corrected chi connectivity index (χ0v) is 16.9. The van der Waals surface area contributed by atoms with Gasteiger partial charge in [-0.2, -0.15) is 4.31 Å². The molecular weight excluding hydrogens is 370 g/mol. The number of benzene rings is 1. The van der Waals surface area contributed by atoms with Crippen molar-refractivity contribution in [3.8, 4) is 0 Å². The molecule has 1 heterocycles. The number of amides is 2. The molecule has 1 aromatic rings. The van der Waals surface area contributed by atoms with Crippen LogP contribution in [0.3, 0.4) is 0 Å². The fraction of sp³-hybridized carbons (Fsp3) is 0.556. The normalized spacial score (nSPS) is 22.1. The van der Waals surface area contributed by atoms with Gasteiger partial charge in [-0.25, -0.2) is 8.42 Å². The zero-order chi connectivity index (χ0) is 20.2. The maximum Gasteiger partial charge on any atom is 0.251 e. The quantitative estimate of drug-likeness (QED) is 0.737. The van der Waals surface area contributed by atoms with E-state index in [9.17, 15) is 18.0 Å². The lowest BCUT2D eigenvalue weighted by molar-refractivity contribution is -0.122. The summed E-state index contributed by atoms with van der Waals surface area (Å²) in [5.74, 6) is -0.716. The number of morpholine rings is 1. The highest BCUT2D eigenvalue weighted by molar-refractivity contribution is 7.89. The summed E-state index contributed by atoms with van der Waals surface area (Å²) in [6.45, 7) is 8.11. The minimum Gasteiger partial charge on any atom is -0.373 e. The Kier molecular flexibility index (Phi) is 6.96. The molecule has 2 amide bonds. The molecule has 3 atom stereocenters. The first-order chi connectivity index (χ1) is 12.6. The fourth-order valence-corrected chi connectivity index (χ4v) is 4.52. The van der Waals surface area contributed by atoms with Crippen molar-refractivity contribution in [3.63, 3.8) is 0 Å². The van der Waals surface area contributed by atoms with Crippen LogP contribution >= 0.6 is 0 Å². The second-order valence-electron chi connectivity index (χ2n) is 6.69. The van der Waals surface area contributed by atoms with Crippen LogP contribution in [0.4, 0.5) is 0 Å². The van der Waals surface area contributed by atoms with Crippen LogP contribution in [0.5, 0.6) is 0 Å². The molecule has 0 spiro atoms. The average molecular weight is 397 g/mol. The molecule has 0 saturated carbocycles. The lowest BCUT2D eigenvalue weighted by Crippen LogP contribution is -2.48. The number of likely N-dealkylation sites (N-methyl/N-ethyl adjacent to an activating group) is 1. The molecule has 1 aliphatic rings. The predicted octanol–water partition coefficient (Wildman–Crippen LogP) is 0.739. The first kappa shape index (κ1) is 21.3.